The second-order valence-electron chi connectivity index (χ2n) is 3.21. The Morgan fingerprint density at radius 1 is 1.22 bits per heavy atom. The van der Waals surface area contributed by atoms with Gasteiger partial charge in [-0.15, -0.1) is 0 Å². The quantitative estimate of drug-likeness (QED) is 0.626. The van der Waals surface area contributed by atoms with Crippen molar-refractivity contribution in [1.29, 1.82) is 0 Å². The third kappa shape index (κ3) is 3.34. The average molecular weight is 330 g/mol. The number of alkyl halides is 5. The summed E-state index contributed by atoms with van der Waals surface area (Å²) in [6.07, 6.45) is -2.29. The lowest BCUT2D eigenvalue weighted by Gasteiger charge is -2.15. The van der Waals surface area contributed by atoms with Crippen molar-refractivity contribution in [2.24, 2.45) is 0 Å². The first-order valence-corrected chi connectivity index (χ1v) is 5.21. The standard InChI is InChI=1S/C10H5BrF5NO/c11-7-3-6(4-17-5-7)1-2-8(18)9(12,13)10(14,15)16/h1-5H. The highest BCUT2D eigenvalue weighted by Gasteiger charge is 2.62. The smallest absolute Gasteiger partial charge is 0.288 e. The van der Waals surface area contributed by atoms with Crippen molar-refractivity contribution in [1.82, 2.24) is 4.98 Å². The second kappa shape index (κ2) is 5.13. The molecule has 0 aliphatic rings. The molecule has 98 valence electrons. The number of rotatable bonds is 3. The molecule has 0 aliphatic carbocycles. The van der Waals surface area contributed by atoms with E-state index in [1.807, 2.05) is 0 Å². The van der Waals surface area contributed by atoms with E-state index in [1.54, 1.807) is 0 Å². The van der Waals surface area contributed by atoms with Crippen LogP contribution in [-0.4, -0.2) is 22.9 Å². The third-order valence-electron chi connectivity index (χ3n) is 1.82. The topological polar surface area (TPSA) is 30.0 Å². The highest BCUT2D eigenvalue weighted by Crippen LogP contribution is 2.36. The first-order valence-electron chi connectivity index (χ1n) is 4.42. The van der Waals surface area contributed by atoms with Crippen molar-refractivity contribution in [3.05, 3.63) is 34.6 Å². The minimum absolute atomic E-state index is 0.178. The lowest BCUT2D eigenvalue weighted by molar-refractivity contribution is -0.266. The van der Waals surface area contributed by atoms with Crippen molar-refractivity contribution >= 4 is 27.8 Å². The zero-order chi connectivity index (χ0) is 14.0. The molecule has 0 unspecified atom stereocenters. The number of hydrogen-bond donors (Lipinski definition) is 0. The fourth-order valence-corrected chi connectivity index (χ4v) is 1.32. The molecule has 0 radical (unpaired) electrons. The van der Waals surface area contributed by atoms with Crippen LogP contribution in [-0.2, 0) is 4.79 Å². The molecule has 0 saturated carbocycles. The van der Waals surface area contributed by atoms with E-state index in [9.17, 15) is 26.7 Å². The predicted octanol–water partition coefficient (Wildman–Crippen LogP) is 3.62. The Kier molecular flexibility index (Phi) is 4.20. The van der Waals surface area contributed by atoms with Crippen LogP contribution in [0.5, 0.6) is 0 Å². The van der Waals surface area contributed by atoms with Gasteiger partial charge in [0.05, 0.1) is 0 Å². The molecule has 0 saturated heterocycles. The summed E-state index contributed by atoms with van der Waals surface area (Å²) in [7, 11) is 0. The van der Waals surface area contributed by atoms with Crippen LogP contribution in [0.4, 0.5) is 22.0 Å². The molecule has 1 rings (SSSR count). The van der Waals surface area contributed by atoms with Gasteiger partial charge in [-0.25, -0.2) is 0 Å². The van der Waals surface area contributed by atoms with Crippen molar-refractivity contribution in [2.75, 3.05) is 0 Å². The Balaban J connectivity index is 2.89. The van der Waals surface area contributed by atoms with Gasteiger partial charge in [-0.1, -0.05) is 0 Å². The van der Waals surface area contributed by atoms with Gasteiger partial charge in [-0.3, -0.25) is 9.78 Å². The van der Waals surface area contributed by atoms with Crippen molar-refractivity contribution in [3.8, 4) is 0 Å². The molecule has 0 bridgehead atoms. The van der Waals surface area contributed by atoms with Gasteiger partial charge in [0.25, 0.3) is 0 Å². The van der Waals surface area contributed by atoms with Crippen LogP contribution in [0.2, 0.25) is 0 Å². The van der Waals surface area contributed by atoms with Gasteiger partial charge in [0.2, 0.25) is 5.78 Å². The Labute approximate surface area is 107 Å². The van der Waals surface area contributed by atoms with Crippen molar-refractivity contribution < 1.29 is 26.7 Å². The summed E-state index contributed by atoms with van der Waals surface area (Å²) in [5.41, 5.74) is 0.218. The lowest BCUT2D eigenvalue weighted by Crippen LogP contribution is -2.43. The maximum Gasteiger partial charge on any atom is 0.461 e. The fourth-order valence-electron chi connectivity index (χ4n) is 0.936. The molecule has 0 N–H and O–H groups in total. The van der Waals surface area contributed by atoms with E-state index >= 15 is 0 Å². The summed E-state index contributed by atoms with van der Waals surface area (Å²) in [5, 5.41) is 0. The number of pyridine rings is 1. The summed E-state index contributed by atoms with van der Waals surface area (Å²) in [4.78, 5) is 14.4. The van der Waals surface area contributed by atoms with E-state index in [-0.39, 0.29) is 11.6 Å². The van der Waals surface area contributed by atoms with Gasteiger partial charge < -0.3 is 0 Å². The van der Waals surface area contributed by atoms with Crippen LogP contribution in [0.3, 0.4) is 0 Å². The van der Waals surface area contributed by atoms with E-state index in [0.717, 1.165) is 6.08 Å². The second-order valence-corrected chi connectivity index (χ2v) is 4.12. The van der Waals surface area contributed by atoms with E-state index in [0.29, 0.717) is 4.47 Å². The summed E-state index contributed by atoms with van der Waals surface area (Å²) in [6.45, 7) is 0. The van der Waals surface area contributed by atoms with Crippen LogP contribution in [0.25, 0.3) is 6.08 Å². The molecule has 0 spiro atoms. The summed E-state index contributed by atoms with van der Waals surface area (Å²) in [5.74, 6) is -7.71. The van der Waals surface area contributed by atoms with Gasteiger partial charge in [0, 0.05) is 16.9 Å². The lowest BCUT2D eigenvalue weighted by atomic mass is 10.1. The normalized spacial score (nSPS) is 13.0. The zero-order valence-electron chi connectivity index (χ0n) is 8.51. The molecule has 8 heteroatoms. The predicted molar refractivity (Wildman–Crippen MR) is 57.0 cm³/mol. The van der Waals surface area contributed by atoms with Gasteiger partial charge in [0.1, 0.15) is 0 Å². The molecular weight excluding hydrogens is 325 g/mol. The van der Waals surface area contributed by atoms with Gasteiger partial charge in [0.15, 0.2) is 0 Å². The Hall–Kier alpha value is -1.31. The molecule has 18 heavy (non-hydrogen) atoms. The SMILES string of the molecule is O=C(C=Cc1cncc(Br)c1)C(F)(F)C(F)(F)F. The van der Waals surface area contributed by atoms with Crippen molar-refractivity contribution in [3.63, 3.8) is 0 Å². The van der Waals surface area contributed by atoms with E-state index < -0.39 is 17.9 Å². The largest absolute Gasteiger partial charge is 0.461 e. The molecule has 1 heterocycles. The first kappa shape index (κ1) is 14.7. The maximum atomic E-state index is 12.6. The van der Waals surface area contributed by atoms with Crippen LogP contribution in [0, 0.1) is 0 Å². The van der Waals surface area contributed by atoms with Gasteiger partial charge in [-0.2, -0.15) is 22.0 Å². The van der Waals surface area contributed by atoms with Crippen LogP contribution in [0.1, 0.15) is 5.56 Å². The molecule has 0 amide bonds. The number of carbonyl (C=O) groups excluding carboxylic acids is 1. The van der Waals surface area contributed by atoms with Gasteiger partial charge in [-0.05, 0) is 39.7 Å². The van der Waals surface area contributed by atoms with Crippen molar-refractivity contribution in [2.45, 2.75) is 12.1 Å². The highest BCUT2D eigenvalue weighted by molar-refractivity contribution is 9.10. The van der Waals surface area contributed by atoms with E-state index in [4.69, 9.17) is 0 Å². The van der Waals surface area contributed by atoms with Crippen LogP contribution >= 0.6 is 15.9 Å². The summed E-state index contributed by atoms with van der Waals surface area (Å²) in [6, 6.07) is 1.41. The Bertz CT molecular complexity index is 483. The first-order chi connectivity index (χ1) is 8.14. The number of nitrogens with zero attached hydrogens (tertiary/aromatic N) is 1. The Morgan fingerprint density at radius 3 is 2.33 bits per heavy atom. The molecule has 2 nitrogen and oxygen atoms in total. The van der Waals surface area contributed by atoms with Gasteiger partial charge >= 0.3 is 12.1 Å². The summed E-state index contributed by atoms with van der Waals surface area (Å²) < 4.78 is 61.2. The number of halogens is 6. The van der Waals surface area contributed by atoms with Crippen LogP contribution in [0.15, 0.2) is 29.0 Å². The molecule has 0 aromatic carbocycles. The monoisotopic (exact) mass is 329 g/mol. The van der Waals surface area contributed by atoms with E-state index in [1.165, 1.54) is 18.5 Å². The molecule has 0 fully saturated rings. The summed E-state index contributed by atoms with van der Waals surface area (Å²) >= 11 is 3.03. The maximum absolute atomic E-state index is 12.6. The van der Waals surface area contributed by atoms with Crippen LogP contribution < -0.4 is 0 Å². The number of ketones is 1. The number of hydrogen-bond acceptors (Lipinski definition) is 2. The number of allylic oxidation sites excluding steroid dienone is 1. The fraction of sp³-hybridized carbons (Fsp3) is 0.200. The molecule has 1 aromatic heterocycles. The Morgan fingerprint density at radius 2 is 1.83 bits per heavy atom. The van der Waals surface area contributed by atoms with E-state index in [2.05, 4.69) is 20.9 Å². The third-order valence-corrected chi connectivity index (χ3v) is 2.25. The molecule has 0 aliphatic heterocycles. The zero-order valence-corrected chi connectivity index (χ0v) is 10.1. The minimum atomic E-state index is -5.90. The minimum Gasteiger partial charge on any atom is -0.288 e. The number of carbonyl (C=O) groups is 1. The average Bonchev–Trinajstić information content (AvgIpc) is 2.24. The molecule has 1 aromatic rings. The highest BCUT2D eigenvalue weighted by atomic mass is 79.9. The number of aromatic nitrogens is 1. The molecular formula is C10H5BrF5NO. The molecule has 0 atom stereocenters.